The van der Waals surface area contributed by atoms with Crippen LogP contribution in [-0.4, -0.2) is 20.6 Å². The Kier molecular flexibility index (Phi) is 1.93. The van der Waals surface area contributed by atoms with Gasteiger partial charge < -0.3 is 9.67 Å². The third-order valence-electron chi connectivity index (χ3n) is 1.10. The molecule has 0 spiro atoms. The number of hydrogen-bond donors (Lipinski definition) is 1. The highest BCUT2D eigenvalue weighted by atomic mass is 16.4. The maximum atomic E-state index is 10.00. The fourth-order valence-corrected chi connectivity index (χ4v) is 0.595. The molecule has 56 valence electrons. The maximum absolute atomic E-state index is 10.00. The molecule has 1 aromatic rings. The van der Waals surface area contributed by atoms with E-state index in [1.165, 1.54) is 0 Å². The Morgan fingerprint density at radius 1 is 1.82 bits per heavy atom. The van der Waals surface area contributed by atoms with E-state index in [0.29, 0.717) is 5.82 Å². The van der Waals surface area contributed by atoms with Gasteiger partial charge in [0.05, 0.1) is 0 Å². The largest absolute Gasteiger partial charge is 0.472 e. The van der Waals surface area contributed by atoms with Gasteiger partial charge in [0.2, 0.25) is 0 Å². The number of rotatable bonds is 0. The van der Waals surface area contributed by atoms with Crippen molar-refractivity contribution in [3.63, 3.8) is 0 Å². The quantitative estimate of drug-likeness (QED) is 0.523. The van der Waals surface area contributed by atoms with Gasteiger partial charge >= 0.3 is 5.97 Å². The summed E-state index contributed by atoms with van der Waals surface area (Å²) >= 11 is 0. The standard InChI is InChI=1S/C7H6N2O2/c1-9-5-4-8-6(9)2-3-7(10)11/h4-5H,1H3,(H,10,11). The van der Waals surface area contributed by atoms with Gasteiger partial charge in [-0.1, -0.05) is 0 Å². The highest BCUT2D eigenvalue weighted by Gasteiger charge is 1.92. The van der Waals surface area contributed by atoms with Crippen LogP contribution in [0.5, 0.6) is 0 Å². The lowest BCUT2D eigenvalue weighted by Gasteiger charge is -1.87. The Bertz CT molecular complexity index is 330. The fourth-order valence-electron chi connectivity index (χ4n) is 0.595. The van der Waals surface area contributed by atoms with Crippen molar-refractivity contribution < 1.29 is 9.90 Å². The van der Waals surface area contributed by atoms with E-state index < -0.39 is 5.97 Å². The minimum Gasteiger partial charge on any atom is -0.472 e. The number of imidazole rings is 1. The second-order valence-corrected chi connectivity index (χ2v) is 1.92. The third kappa shape index (κ3) is 1.83. The first-order chi connectivity index (χ1) is 5.20. The first-order valence-corrected chi connectivity index (χ1v) is 2.92. The van der Waals surface area contributed by atoms with Gasteiger partial charge in [0, 0.05) is 25.4 Å². The van der Waals surface area contributed by atoms with Crippen molar-refractivity contribution in [3.8, 4) is 11.8 Å². The molecule has 0 saturated heterocycles. The molecule has 0 fully saturated rings. The topological polar surface area (TPSA) is 55.1 Å². The maximum Gasteiger partial charge on any atom is 0.382 e. The molecule has 0 radical (unpaired) electrons. The van der Waals surface area contributed by atoms with E-state index in [-0.39, 0.29) is 0 Å². The zero-order valence-electron chi connectivity index (χ0n) is 5.90. The van der Waals surface area contributed by atoms with Gasteiger partial charge in [-0.15, -0.1) is 0 Å². The molecular weight excluding hydrogens is 144 g/mol. The Hall–Kier alpha value is -1.76. The van der Waals surface area contributed by atoms with E-state index >= 15 is 0 Å². The Morgan fingerprint density at radius 2 is 2.55 bits per heavy atom. The highest BCUT2D eigenvalue weighted by molar-refractivity contribution is 5.86. The van der Waals surface area contributed by atoms with Crippen molar-refractivity contribution in [1.29, 1.82) is 0 Å². The van der Waals surface area contributed by atoms with Crippen LogP contribution >= 0.6 is 0 Å². The minimum absolute atomic E-state index is 0.451. The van der Waals surface area contributed by atoms with Crippen LogP contribution in [0.15, 0.2) is 12.4 Å². The van der Waals surface area contributed by atoms with E-state index in [2.05, 4.69) is 10.9 Å². The number of aromatic nitrogens is 2. The van der Waals surface area contributed by atoms with Crippen LogP contribution in [-0.2, 0) is 11.8 Å². The van der Waals surface area contributed by atoms with Crippen molar-refractivity contribution >= 4 is 5.97 Å². The lowest BCUT2D eigenvalue weighted by molar-refractivity contribution is -0.130. The molecule has 1 rings (SSSR count). The summed E-state index contributed by atoms with van der Waals surface area (Å²) in [4.78, 5) is 13.8. The number of aryl methyl sites for hydroxylation is 1. The second kappa shape index (κ2) is 2.88. The first-order valence-electron chi connectivity index (χ1n) is 2.92. The summed E-state index contributed by atoms with van der Waals surface area (Å²) in [6.45, 7) is 0. The van der Waals surface area contributed by atoms with Gasteiger partial charge in [0.15, 0.2) is 5.82 Å². The van der Waals surface area contributed by atoms with Crippen molar-refractivity contribution in [1.82, 2.24) is 9.55 Å². The van der Waals surface area contributed by atoms with Gasteiger partial charge in [0.1, 0.15) is 0 Å². The summed E-state index contributed by atoms with van der Waals surface area (Å²) in [5.74, 6) is 3.67. The molecule has 0 atom stereocenters. The van der Waals surface area contributed by atoms with Crippen molar-refractivity contribution in [2.75, 3.05) is 0 Å². The zero-order valence-corrected chi connectivity index (χ0v) is 5.90. The first kappa shape index (κ1) is 7.35. The second-order valence-electron chi connectivity index (χ2n) is 1.92. The SMILES string of the molecule is Cn1ccnc1C#CC(=O)O. The summed E-state index contributed by atoms with van der Waals surface area (Å²) in [6.07, 6.45) is 3.26. The zero-order chi connectivity index (χ0) is 8.27. The molecule has 0 bridgehead atoms. The number of nitrogens with zero attached hydrogens (tertiary/aromatic N) is 2. The fraction of sp³-hybridized carbons (Fsp3) is 0.143. The Morgan fingerprint density at radius 3 is 3.00 bits per heavy atom. The van der Waals surface area contributed by atoms with Crippen molar-refractivity contribution in [2.45, 2.75) is 0 Å². The molecule has 1 heterocycles. The number of aliphatic carboxylic acids is 1. The minimum atomic E-state index is -1.15. The van der Waals surface area contributed by atoms with Crippen LogP contribution in [0.1, 0.15) is 5.82 Å². The van der Waals surface area contributed by atoms with Crippen molar-refractivity contribution in [2.24, 2.45) is 7.05 Å². The molecule has 0 amide bonds. The molecule has 0 aromatic carbocycles. The molecule has 4 nitrogen and oxygen atoms in total. The molecule has 0 aliphatic rings. The molecule has 0 aliphatic carbocycles. The van der Waals surface area contributed by atoms with Gasteiger partial charge in [0.25, 0.3) is 0 Å². The molecule has 0 unspecified atom stereocenters. The highest BCUT2D eigenvalue weighted by Crippen LogP contribution is 1.89. The van der Waals surface area contributed by atoms with Gasteiger partial charge in [-0.25, -0.2) is 9.78 Å². The van der Waals surface area contributed by atoms with Gasteiger partial charge in [-0.2, -0.15) is 0 Å². The smallest absolute Gasteiger partial charge is 0.382 e. The van der Waals surface area contributed by atoms with Crippen LogP contribution in [0.4, 0.5) is 0 Å². The summed E-state index contributed by atoms with van der Waals surface area (Å²) in [5.41, 5.74) is 0. The van der Waals surface area contributed by atoms with E-state index in [1.807, 2.05) is 5.92 Å². The summed E-state index contributed by atoms with van der Waals surface area (Å²) in [6, 6.07) is 0. The van der Waals surface area contributed by atoms with E-state index in [9.17, 15) is 4.79 Å². The summed E-state index contributed by atoms with van der Waals surface area (Å²) in [7, 11) is 1.75. The van der Waals surface area contributed by atoms with Crippen LogP contribution in [0, 0.1) is 11.8 Å². The number of hydrogen-bond acceptors (Lipinski definition) is 2. The normalized spacial score (nSPS) is 8.45. The third-order valence-corrected chi connectivity index (χ3v) is 1.10. The molecule has 0 aliphatic heterocycles. The van der Waals surface area contributed by atoms with Crippen LogP contribution < -0.4 is 0 Å². The van der Waals surface area contributed by atoms with E-state index in [0.717, 1.165) is 0 Å². The molecule has 4 heteroatoms. The van der Waals surface area contributed by atoms with Gasteiger partial charge in [-0.3, -0.25) is 0 Å². The van der Waals surface area contributed by atoms with E-state index in [4.69, 9.17) is 5.11 Å². The predicted molar refractivity (Wildman–Crippen MR) is 37.7 cm³/mol. The Labute approximate surface area is 63.5 Å². The van der Waals surface area contributed by atoms with Gasteiger partial charge in [-0.05, 0) is 5.92 Å². The van der Waals surface area contributed by atoms with Crippen LogP contribution in [0.25, 0.3) is 0 Å². The predicted octanol–water partition coefficient (Wildman–Crippen LogP) is -0.144. The number of carboxylic acid groups (broad SMARTS) is 1. The lowest BCUT2D eigenvalue weighted by Crippen LogP contribution is -1.93. The molecule has 1 N–H and O–H groups in total. The number of carboxylic acids is 1. The monoisotopic (exact) mass is 150 g/mol. The average molecular weight is 150 g/mol. The lowest BCUT2D eigenvalue weighted by atomic mass is 10.5. The molecule has 0 saturated carbocycles. The molecular formula is C7H6N2O2. The average Bonchev–Trinajstić information content (AvgIpc) is 2.31. The summed E-state index contributed by atoms with van der Waals surface area (Å²) < 4.78 is 1.65. The van der Waals surface area contributed by atoms with Crippen LogP contribution in [0.2, 0.25) is 0 Å². The molecule has 1 aromatic heterocycles. The summed E-state index contributed by atoms with van der Waals surface area (Å²) in [5, 5.41) is 8.19. The van der Waals surface area contributed by atoms with Crippen molar-refractivity contribution in [3.05, 3.63) is 18.2 Å². The Balaban J connectivity index is 2.90. The number of carbonyl (C=O) groups is 1. The molecule has 11 heavy (non-hydrogen) atoms. The van der Waals surface area contributed by atoms with Crippen LogP contribution in [0.3, 0.4) is 0 Å². The van der Waals surface area contributed by atoms with E-state index in [1.54, 1.807) is 24.0 Å².